The Bertz CT molecular complexity index is 865. The van der Waals surface area contributed by atoms with Crippen molar-refractivity contribution >= 4 is 21.5 Å². The van der Waals surface area contributed by atoms with E-state index in [1.807, 2.05) is 4.90 Å². The first-order chi connectivity index (χ1) is 11.8. The molecule has 0 aliphatic carbocycles. The molecule has 3 rings (SSSR count). The van der Waals surface area contributed by atoms with Gasteiger partial charge in [0.1, 0.15) is 0 Å². The number of benzene rings is 1. The highest BCUT2D eigenvalue weighted by molar-refractivity contribution is 7.92. The zero-order valence-electron chi connectivity index (χ0n) is 14.2. The maximum Gasteiger partial charge on any atom is 0.188 e. The molecule has 8 heteroatoms. The average Bonchev–Trinajstić information content (AvgIpc) is 3.01. The van der Waals surface area contributed by atoms with E-state index in [-0.39, 0.29) is 16.8 Å². The van der Waals surface area contributed by atoms with Crippen LogP contribution in [0.3, 0.4) is 0 Å². The van der Waals surface area contributed by atoms with Crippen LogP contribution < -0.4 is 16.4 Å². The van der Waals surface area contributed by atoms with E-state index in [1.54, 1.807) is 38.1 Å². The molecule has 0 saturated carbocycles. The van der Waals surface area contributed by atoms with Crippen LogP contribution in [0.25, 0.3) is 11.3 Å². The van der Waals surface area contributed by atoms with Crippen LogP contribution in [-0.2, 0) is 9.84 Å². The quantitative estimate of drug-likeness (QED) is 0.830. The molecule has 1 aromatic carbocycles. The van der Waals surface area contributed by atoms with Gasteiger partial charge in [-0.15, -0.1) is 0 Å². The molecule has 1 fully saturated rings. The number of hydrogen-bond donors (Lipinski definition) is 0. The Morgan fingerprint density at radius 2 is 1.92 bits per heavy atom. The third kappa shape index (κ3) is 3.45. The lowest BCUT2D eigenvalue weighted by atomic mass is 10.2. The first-order valence-electron chi connectivity index (χ1n) is 8.18. The van der Waals surface area contributed by atoms with E-state index in [0.717, 1.165) is 12.0 Å². The summed E-state index contributed by atoms with van der Waals surface area (Å²) in [6.45, 7) is 4.56. The summed E-state index contributed by atoms with van der Waals surface area (Å²) in [4.78, 5) is 10.8. The molecule has 0 amide bonds. The fourth-order valence-electron chi connectivity index (χ4n) is 2.78. The number of sulfone groups is 1. The molecule has 25 heavy (non-hydrogen) atoms. The van der Waals surface area contributed by atoms with Crippen molar-refractivity contribution in [2.24, 2.45) is 0 Å². The summed E-state index contributed by atoms with van der Waals surface area (Å²) in [6.07, 6.45) is 2.28. The molecule has 1 saturated heterocycles. The van der Waals surface area contributed by atoms with Crippen LogP contribution in [0.2, 0.25) is 0 Å². The standard InChI is InChI=1S/C17H21N5O2S/c1-11(2)25(23,24)14-5-3-12(4-6-14)15-9-20-16(19)17(21-15)22-8-7-13(18)10-22/h3-6,9,11,13,18-19H,7-8,10H2,1-2H3. The molecule has 2 heterocycles. The van der Waals surface area contributed by atoms with Gasteiger partial charge in [0.25, 0.3) is 0 Å². The number of nitrogens with zero attached hydrogens (tertiary/aromatic N) is 3. The predicted octanol–water partition coefficient (Wildman–Crippen LogP) is 2.10. The summed E-state index contributed by atoms with van der Waals surface area (Å²) in [5, 5.41) is -0.472. The van der Waals surface area contributed by atoms with Gasteiger partial charge in [0.05, 0.1) is 22.0 Å². The Labute approximate surface area is 148 Å². The van der Waals surface area contributed by atoms with Gasteiger partial charge in [-0.1, -0.05) is 12.1 Å². The van der Waals surface area contributed by atoms with Gasteiger partial charge in [0.15, 0.2) is 21.5 Å². The van der Waals surface area contributed by atoms with Gasteiger partial charge in [-0.3, -0.25) is 11.5 Å². The van der Waals surface area contributed by atoms with E-state index in [1.165, 1.54) is 6.20 Å². The van der Waals surface area contributed by atoms with Crippen molar-refractivity contribution in [1.29, 1.82) is 0 Å². The molecule has 132 valence electrons. The monoisotopic (exact) mass is 359 g/mol. The lowest BCUT2D eigenvalue weighted by Gasteiger charge is -2.18. The highest BCUT2D eigenvalue weighted by atomic mass is 32.2. The largest absolute Gasteiger partial charge is 0.352 e. The third-order valence-corrected chi connectivity index (χ3v) is 6.51. The zero-order valence-corrected chi connectivity index (χ0v) is 15.0. The Morgan fingerprint density at radius 3 is 2.48 bits per heavy atom. The number of hydrogen-bond acceptors (Lipinski definition) is 5. The molecule has 0 spiro atoms. The van der Waals surface area contributed by atoms with Crippen molar-refractivity contribution in [3.8, 4) is 11.3 Å². The highest BCUT2D eigenvalue weighted by Gasteiger charge is 2.24. The maximum atomic E-state index is 12.2. The SMILES string of the molecule is CC(C)S(=O)(=O)c1ccc(-c2cnc([NH])c(N3CCC([NH])C3)n2)cc1. The van der Waals surface area contributed by atoms with Gasteiger partial charge < -0.3 is 4.90 Å². The smallest absolute Gasteiger partial charge is 0.188 e. The van der Waals surface area contributed by atoms with E-state index >= 15 is 0 Å². The zero-order chi connectivity index (χ0) is 18.2. The highest BCUT2D eigenvalue weighted by Crippen LogP contribution is 2.28. The maximum absolute atomic E-state index is 12.2. The van der Waals surface area contributed by atoms with Gasteiger partial charge in [0, 0.05) is 24.7 Å². The first kappa shape index (κ1) is 17.6. The van der Waals surface area contributed by atoms with E-state index in [2.05, 4.69) is 9.97 Å². The topological polar surface area (TPSA) is 111 Å². The van der Waals surface area contributed by atoms with Crippen molar-refractivity contribution in [3.05, 3.63) is 30.5 Å². The fraction of sp³-hybridized carbons (Fsp3) is 0.412. The number of anilines is 1. The molecule has 1 aromatic heterocycles. The van der Waals surface area contributed by atoms with Crippen molar-refractivity contribution in [2.45, 2.75) is 36.5 Å². The van der Waals surface area contributed by atoms with Crippen LogP contribution in [0.15, 0.2) is 35.4 Å². The van der Waals surface area contributed by atoms with Gasteiger partial charge in [-0.25, -0.2) is 18.4 Å². The van der Waals surface area contributed by atoms with Crippen molar-refractivity contribution in [2.75, 3.05) is 18.0 Å². The second kappa shape index (κ2) is 6.61. The summed E-state index contributed by atoms with van der Waals surface area (Å²) in [6, 6.07) is 6.42. The lowest BCUT2D eigenvalue weighted by Crippen LogP contribution is -2.23. The van der Waals surface area contributed by atoms with E-state index in [9.17, 15) is 8.42 Å². The molecular formula is C17H21N5O2S. The number of aromatic nitrogens is 2. The van der Waals surface area contributed by atoms with Crippen molar-refractivity contribution in [1.82, 2.24) is 21.4 Å². The van der Waals surface area contributed by atoms with E-state index in [0.29, 0.717) is 24.6 Å². The van der Waals surface area contributed by atoms with Crippen LogP contribution in [-0.4, -0.2) is 42.8 Å². The molecule has 7 nitrogen and oxygen atoms in total. The lowest BCUT2D eigenvalue weighted by molar-refractivity contribution is 0.587. The van der Waals surface area contributed by atoms with Crippen LogP contribution >= 0.6 is 0 Å². The Hall–Kier alpha value is -2.19. The number of nitrogens with one attached hydrogen (secondary N) is 2. The van der Waals surface area contributed by atoms with Crippen molar-refractivity contribution < 1.29 is 8.42 Å². The molecule has 1 unspecified atom stereocenters. The summed E-state index contributed by atoms with van der Waals surface area (Å²) >= 11 is 0. The first-order valence-corrected chi connectivity index (χ1v) is 9.72. The van der Waals surface area contributed by atoms with Crippen LogP contribution in [0.1, 0.15) is 20.3 Å². The van der Waals surface area contributed by atoms with Gasteiger partial charge in [-0.2, -0.15) is 0 Å². The molecule has 2 aromatic rings. The van der Waals surface area contributed by atoms with Gasteiger partial charge in [-0.05, 0) is 32.4 Å². The molecule has 2 N–H and O–H groups in total. The number of rotatable bonds is 4. The van der Waals surface area contributed by atoms with Crippen LogP contribution in [0, 0.1) is 0 Å². The second-order valence-electron chi connectivity index (χ2n) is 6.48. The fourth-order valence-corrected chi connectivity index (χ4v) is 3.84. The second-order valence-corrected chi connectivity index (χ2v) is 8.98. The Balaban J connectivity index is 1.92. The average molecular weight is 359 g/mol. The summed E-state index contributed by atoms with van der Waals surface area (Å²) < 4.78 is 24.4. The van der Waals surface area contributed by atoms with E-state index < -0.39 is 15.1 Å². The predicted molar refractivity (Wildman–Crippen MR) is 96.3 cm³/mol. The van der Waals surface area contributed by atoms with Crippen LogP contribution in [0.4, 0.5) is 11.6 Å². The molecular weight excluding hydrogens is 338 g/mol. The molecule has 2 radical (unpaired) electrons. The molecule has 1 aliphatic rings. The van der Waals surface area contributed by atoms with Crippen molar-refractivity contribution in [3.63, 3.8) is 0 Å². The minimum atomic E-state index is -3.31. The Kier molecular flexibility index (Phi) is 4.66. The summed E-state index contributed by atoms with van der Waals surface area (Å²) in [7, 11) is -3.31. The third-order valence-electron chi connectivity index (χ3n) is 4.34. The summed E-state index contributed by atoms with van der Waals surface area (Å²) in [5.41, 5.74) is 17.1. The molecule has 0 bridgehead atoms. The van der Waals surface area contributed by atoms with E-state index in [4.69, 9.17) is 11.5 Å². The molecule has 1 atom stereocenters. The normalized spacial score (nSPS) is 18.1. The molecule has 1 aliphatic heterocycles. The van der Waals surface area contributed by atoms with Gasteiger partial charge >= 0.3 is 0 Å². The minimum Gasteiger partial charge on any atom is -0.352 e. The minimum absolute atomic E-state index is 0.0943. The van der Waals surface area contributed by atoms with Gasteiger partial charge in [0.2, 0.25) is 0 Å². The Morgan fingerprint density at radius 1 is 1.24 bits per heavy atom. The summed E-state index contributed by atoms with van der Waals surface area (Å²) in [5.74, 6) is 0.572. The van der Waals surface area contributed by atoms with Crippen LogP contribution in [0.5, 0.6) is 0 Å².